The van der Waals surface area contributed by atoms with E-state index in [1.165, 1.54) is 0 Å². The Morgan fingerprint density at radius 1 is 0.857 bits per heavy atom. The zero-order valence-electron chi connectivity index (χ0n) is 20.4. The zero-order valence-corrected chi connectivity index (χ0v) is 20.4. The SMILES string of the molecule is COc1ccc(OC)c(CN2CCN(C(=O)c3ccc(C)c(NC(=O)c4ccccc4)c3)CC2)c1. The second kappa shape index (κ2) is 11.1. The van der Waals surface area contributed by atoms with Crippen molar-refractivity contribution in [1.82, 2.24) is 9.80 Å². The van der Waals surface area contributed by atoms with Crippen molar-refractivity contribution in [1.29, 1.82) is 0 Å². The van der Waals surface area contributed by atoms with E-state index >= 15 is 0 Å². The predicted molar refractivity (Wildman–Crippen MR) is 136 cm³/mol. The van der Waals surface area contributed by atoms with E-state index in [2.05, 4.69) is 10.2 Å². The Labute approximate surface area is 206 Å². The molecule has 0 aromatic heterocycles. The standard InChI is InChI=1S/C28H31N3O4/c1-20-9-10-22(18-25(20)29-27(32)21-7-5-4-6-8-21)28(33)31-15-13-30(14-16-31)19-23-17-24(34-2)11-12-26(23)35-3/h4-12,17-18H,13-16,19H2,1-3H3,(H,29,32). The molecule has 182 valence electrons. The average molecular weight is 474 g/mol. The van der Waals surface area contributed by atoms with E-state index in [-0.39, 0.29) is 11.8 Å². The van der Waals surface area contributed by atoms with Gasteiger partial charge in [0.2, 0.25) is 0 Å². The minimum Gasteiger partial charge on any atom is -0.497 e. The topological polar surface area (TPSA) is 71.1 Å². The molecule has 1 fully saturated rings. The minimum absolute atomic E-state index is 0.0289. The maximum atomic E-state index is 13.2. The van der Waals surface area contributed by atoms with Gasteiger partial charge in [0.05, 0.1) is 14.2 Å². The molecule has 0 unspecified atom stereocenters. The van der Waals surface area contributed by atoms with Crippen LogP contribution in [0.3, 0.4) is 0 Å². The van der Waals surface area contributed by atoms with E-state index < -0.39 is 0 Å². The Morgan fingerprint density at radius 2 is 1.60 bits per heavy atom. The summed E-state index contributed by atoms with van der Waals surface area (Å²) >= 11 is 0. The van der Waals surface area contributed by atoms with Crippen molar-refractivity contribution in [2.24, 2.45) is 0 Å². The molecule has 0 atom stereocenters. The molecule has 1 aliphatic rings. The van der Waals surface area contributed by atoms with E-state index in [1.54, 1.807) is 32.4 Å². The molecule has 0 aliphatic carbocycles. The lowest BCUT2D eigenvalue weighted by molar-refractivity contribution is 0.0627. The van der Waals surface area contributed by atoms with Crippen molar-refractivity contribution in [3.05, 3.63) is 89.0 Å². The molecule has 2 amide bonds. The number of piperazine rings is 1. The number of hydrogen-bond acceptors (Lipinski definition) is 5. The third-order valence-corrected chi connectivity index (χ3v) is 6.31. The molecule has 1 heterocycles. The van der Waals surface area contributed by atoms with Crippen LogP contribution in [0.25, 0.3) is 0 Å². The molecule has 35 heavy (non-hydrogen) atoms. The first-order valence-electron chi connectivity index (χ1n) is 11.7. The predicted octanol–water partition coefficient (Wildman–Crippen LogP) is 4.22. The molecule has 1 saturated heterocycles. The summed E-state index contributed by atoms with van der Waals surface area (Å²) in [6, 6.07) is 20.3. The number of benzene rings is 3. The minimum atomic E-state index is -0.195. The quantitative estimate of drug-likeness (QED) is 0.556. The summed E-state index contributed by atoms with van der Waals surface area (Å²) in [5.41, 5.74) is 3.76. The van der Waals surface area contributed by atoms with Crippen LogP contribution < -0.4 is 14.8 Å². The van der Waals surface area contributed by atoms with Gasteiger partial charge in [-0.3, -0.25) is 14.5 Å². The highest BCUT2D eigenvalue weighted by Gasteiger charge is 2.23. The summed E-state index contributed by atoms with van der Waals surface area (Å²) in [5.74, 6) is 1.40. The smallest absolute Gasteiger partial charge is 0.255 e. The van der Waals surface area contributed by atoms with Crippen LogP contribution >= 0.6 is 0 Å². The second-order valence-electron chi connectivity index (χ2n) is 8.60. The monoisotopic (exact) mass is 473 g/mol. The number of rotatable bonds is 7. The van der Waals surface area contributed by atoms with E-state index in [1.807, 2.05) is 60.4 Å². The molecular formula is C28H31N3O4. The lowest BCUT2D eigenvalue weighted by Crippen LogP contribution is -2.48. The number of carbonyl (C=O) groups is 2. The van der Waals surface area contributed by atoms with Gasteiger partial charge in [0.25, 0.3) is 11.8 Å². The number of aryl methyl sites for hydroxylation is 1. The number of anilines is 1. The number of amides is 2. The third kappa shape index (κ3) is 5.81. The van der Waals surface area contributed by atoms with Crippen molar-refractivity contribution >= 4 is 17.5 Å². The lowest BCUT2D eigenvalue weighted by Gasteiger charge is -2.35. The van der Waals surface area contributed by atoms with Gasteiger partial charge in [0, 0.05) is 55.1 Å². The van der Waals surface area contributed by atoms with Crippen LogP contribution in [-0.2, 0) is 6.54 Å². The first kappa shape index (κ1) is 24.3. The molecule has 3 aromatic carbocycles. The van der Waals surface area contributed by atoms with Gasteiger partial charge in [0.15, 0.2) is 0 Å². The van der Waals surface area contributed by atoms with Gasteiger partial charge in [0.1, 0.15) is 11.5 Å². The summed E-state index contributed by atoms with van der Waals surface area (Å²) in [5, 5.41) is 2.94. The van der Waals surface area contributed by atoms with Gasteiger partial charge in [-0.05, 0) is 55.0 Å². The Kier molecular flexibility index (Phi) is 7.67. The number of nitrogens with zero attached hydrogens (tertiary/aromatic N) is 2. The van der Waals surface area contributed by atoms with Crippen molar-refractivity contribution in [2.45, 2.75) is 13.5 Å². The summed E-state index contributed by atoms with van der Waals surface area (Å²) in [7, 11) is 3.32. The summed E-state index contributed by atoms with van der Waals surface area (Å²) in [6.07, 6.45) is 0. The Hall–Kier alpha value is -3.84. The maximum absolute atomic E-state index is 13.2. The molecule has 4 rings (SSSR count). The maximum Gasteiger partial charge on any atom is 0.255 e. The molecule has 7 heteroatoms. The van der Waals surface area contributed by atoms with E-state index in [0.29, 0.717) is 29.9 Å². The number of methoxy groups -OCH3 is 2. The van der Waals surface area contributed by atoms with Gasteiger partial charge < -0.3 is 19.7 Å². The molecule has 0 bridgehead atoms. The normalized spacial score (nSPS) is 13.9. The van der Waals surface area contributed by atoms with Crippen LogP contribution in [0.5, 0.6) is 11.5 Å². The fraction of sp³-hybridized carbons (Fsp3) is 0.286. The van der Waals surface area contributed by atoms with E-state index in [9.17, 15) is 9.59 Å². The van der Waals surface area contributed by atoms with Crippen molar-refractivity contribution in [2.75, 3.05) is 45.7 Å². The Balaban J connectivity index is 1.39. The first-order valence-corrected chi connectivity index (χ1v) is 11.7. The number of ether oxygens (including phenoxy) is 2. The Bertz CT molecular complexity index is 1190. The van der Waals surface area contributed by atoms with Crippen LogP contribution in [-0.4, -0.2) is 62.0 Å². The highest BCUT2D eigenvalue weighted by atomic mass is 16.5. The summed E-state index contributed by atoms with van der Waals surface area (Å²) in [6.45, 7) is 5.42. The molecular weight excluding hydrogens is 442 g/mol. The number of hydrogen-bond donors (Lipinski definition) is 1. The van der Waals surface area contributed by atoms with Crippen molar-refractivity contribution in [3.8, 4) is 11.5 Å². The van der Waals surface area contributed by atoms with Crippen LogP contribution in [0, 0.1) is 6.92 Å². The molecule has 0 radical (unpaired) electrons. The number of nitrogens with one attached hydrogen (secondary N) is 1. The fourth-order valence-electron chi connectivity index (χ4n) is 4.21. The van der Waals surface area contributed by atoms with Crippen molar-refractivity contribution < 1.29 is 19.1 Å². The van der Waals surface area contributed by atoms with Gasteiger partial charge in [-0.15, -0.1) is 0 Å². The first-order chi connectivity index (χ1) is 17.0. The number of carbonyl (C=O) groups excluding carboxylic acids is 2. The van der Waals surface area contributed by atoms with Gasteiger partial charge >= 0.3 is 0 Å². The van der Waals surface area contributed by atoms with Crippen LogP contribution in [0.15, 0.2) is 66.7 Å². The van der Waals surface area contributed by atoms with Crippen LogP contribution in [0.1, 0.15) is 31.8 Å². The lowest BCUT2D eigenvalue weighted by atomic mass is 10.1. The molecule has 1 N–H and O–H groups in total. The van der Waals surface area contributed by atoms with Crippen LogP contribution in [0.2, 0.25) is 0 Å². The fourth-order valence-corrected chi connectivity index (χ4v) is 4.21. The molecule has 7 nitrogen and oxygen atoms in total. The largest absolute Gasteiger partial charge is 0.497 e. The highest BCUT2D eigenvalue weighted by Crippen LogP contribution is 2.26. The molecule has 3 aromatic rings. The van der Waals surface area contributed by atoms with Crippen molar-refractivity contribution in [3.63, 3.8) is 0 Å². The van der Waals surface area contributed by atoms with E-state index in [4.69, 9.17) is 9.47 Å². The average Bonchev–Trinajstić information content (AvgIpc) is 2.90. The van der Waals surface area contributed by atoms with Crippen LogP contribution in [0.4, 0.5) is 5.69 Å². The molecule has 0 spiro atoms. The molecule has 1 aliphatic heterocycles. The summed E-state index contributed by atoms with van der Waals surface area (Å²) < 4.78 is 10.9. The van der Waals surface area contributed by atoms with E-state index in [0.717, 1.165) is 42.3 Å². The Morgan fingerprint density at radius 3 is 2.29 bits per heavy atom. The highest BCUT2D eigenvalue weighted by molar-refractivity contribution is 6.05. The third-order valence-electron chi connectivity index (χ3n) is 6.31. The summed E-state index contributed by atoms with van der Waals surface area (Å²) in [4.78, 5) is 30.0. The second-order valence-corrected chi connectivity index (χ2v) is 8.60. The van der Waals surface area contributed by atoms with Gasteiger partial charge in [-0.1, -0.05) is 24.3 Å². The van der Waals surface area contributed by atoms with Gasteiger partial charge in [-0.2, -0.15) is 0 Å². The zero-order chi connectivity index (χ0) is 24.8. The van der Waals surface area contributed by atoms with Gasteiger partial charge in [-0.25, -0.2) is 0 Å². The molecule has 0 saturated carbocycles.